The molecule has 3 aromatic rings. The lowest BCUT2D eigenvalue weighted by atomic mass is 10.2. The van der Waals surface area contributed by atoms with Crippen molar-refractivity contribution < 1.29 is 13.6 Å². The molecule has 0 bridgehead atoms. The fraction of sp³-hybridized carbons (Fsp3) is 0.409. The van der Waals surface area contributed by atoms with Crippen molar-refractivity contribution in [3.63, 3.8) is 0 Å². The van der Waals surface area contributed by atoms with Crippen LogP contribution in [0.3, 0.4) is 0 Å². The Kier molecular flexibility index (Phi) is 6.16. The number of carbonyl (C=O) groups excluding carboxylic acids is 1. The van der Waals surface area contributed by atoms with Gasteiger partial charge < -0.3 is 5.32 Å². The Morgan fingerprint density at radius 3 is 2.71 bits per heavy atom. The first-order valence-electron chi connectivity index (χ1n) is 10.2. The molecule has 0 radical (unpaired) electrons. The summed E-state index contributed by atoms with van der Waals surface area (Å²) in [5.74, 6) is -1.83. The minimum absolute atomic E-state index is 0.0578. The molecule has 2 heterocycles. The monoisotopic (exact) mass is 463 g/mol. The topological polar surface area (TPSA) is 64.0 Å². The number of halogens is 2. The van der Waals surface area contributed by atoms with Gasteiger partial charge >= 0.3 is 0 Å². The van der Waals surface area contributed by atoms with Crippen molar-refractivity contribution in [1.29, 1.82) is 0 Å². The third-order valence-electron chi connectivity index (χ3n) is 5.73. The smallest absolute Gasteiger partial charge is 0.263 e. The number of amides is 1. The normalized spacial score (nSPS) is 15.5. The average molecular weight is 464 g/mol. The van der Waals surface area contributed by atoms with Crippen molar-refractivity contribution >= 4 is 44.9 Å². The zero-order valence-corrected chi connectivity index (χ0v) is 19.1. The largest absolute Gasteiger partial charge is 0.323 e. The molecule has 1 aromatic carbocycles. The molecule has 1 fully saturated rings. The Labute approximate surface area is 186 Å². The molecule has 1 amide bonds. The zero-order chi connectivity index (χ0) is 22.3. The van der Waals surface area contributed by atoms with E-state index in [1.165, 1.54) is 23.1 Å². The van der Waals surface area contributed by atoms with Crippen LogP contribution in [0.1, 0.15) is 49.1 Å². The summed E-state index contributed by atoms with van der Waals surface area (Å²) in [4.78, 5) is 32.6. The molecule has 1 atom stereocenters. The van der Waals surface area contributed by atoms with E-state index in [9.17, 15) is 18.4 Å². The number of benzene rings is 1. The van der Waals surface area contributed by atoms with E-state index in [0.717, 1.165) is 54.3 Å². The third-order valence-corrected chi connectivity index (χ3v) is 7.90. The van der Waals surface area contributed by atoms with Gasteiger partial charge in [-0.1, -0.05) is 24.6 Å². The predicted octanol–water partition coefficient (Wildman–Crippen LogP) is 5.59. The molecule has 1 N–H and O–H groups in total. The number of carbonyl (C=O) groups is 1. The van der Waals surface area contributed by atoms with Crippen LogP contribution in [0, 0.1) is 25.5 Å². The van der Waals surface area contributed by atoms with Gasteiger partial charge in [0.2, 0.25) is 5.91 Å². The summed E-state index contributed by atoms with van der Waals surface area (Å²) in [5, 5.41) is 2.92. The second-order valence-electron chi connectivity index (χ2n) is 7.84. The molecule has 0 saturated heterocycles. The lowest BCUT2D eigenvalue weighted by molar-refractivity contribution is -0.115. The van der Waals surface area contributed by atoms with Crippen LogP contribution in [-0.4, -0.2) is 20.7 Å². The molecule has 5 nitrogen and oxygen atoms in total. The van der Waals surface area contributed by atoms with Gasteiger partial charge in [0, 0.05) is 17.0 Å². The van der Waals surface area contributed by atoms with Gasteiger partial charge in [-0.15, -0.1) is 11.3 Å². The Morgan fingerprint density at radius 2 is 2.00 bits per heavy atom. The van der Waals surface area contributed by atoms with Crippen LogP contribution in [0.25, 0.3) is 10.2 Å². The second-order valence-corrected chi connectivity index (χ2v) is 10.4. The van der Waals surface area contributed by atoms with E-state index in [4.69, 9.17) is 4.98 Å². The lowest BCUT2D eigenvalue weighted by Gasteiger charge is -2.20. The number of nitrogens with zero attached hydrogens (tertiary/aromatic N) is 2. The van der Waals surface area contributed by atoms with Crippen LogP contribution in [0.15, 0.2) is 28.2 Å². The number of hydrogen-bond donors (Lipinski definition) is 1. The van der Waals surface area contributed by atoms with Crippen LogP contribution < -0.4 is 10.9 Å². The van der Waals surface area contributed by atoms with E-state index in [1.54, 1.807) is 11.5 Å². The van der Waals surface area contributed by atoms with Gasteiger partial charge in [0.15, 0.2) is 5.16 Å². The molecular formula is C22H23F2N3O2S2. The van der Waals surface area contributed by atoms with E-state index in [0.29, 0.717) is 15.4 Å². The molecule has 9 heteroatoms. The molecule has 1 unspecified atom stereocenters. The van der Waals surface area contributed by atoms with Crippen molar-refractivity contribution in [2.24, 2.45) is 0 Å². The van der Waals surface area contributed by atoms with Crippen LogP contribution in [-0.2, 0) is 4.79 Å². The number of thiophene rings is 1. The first-order chi connectivity index (χ1) is 14.8. The second kappa shape index (κ2) is 8.70. The quantitative estimate of drug-likeness (QED) is 0.396. The van der Waals surface area contributed by atoms with E-state index in [1.807, 2.05) is 13.8 Å². The minimum atomic E-state index is -0.709. The Morgan fingerprint density at radius 1 is 1.29 bits per heavy atom. The van der Waals surface area contributed by atoms with Gasteiger partial charge in [0.25, 0.3) is 5.56 Å². The molecule has 1 saturated carbocycles. The highest BCUT2D eigenvalue weighted by Gasteiger charge is 2.27. The molecule has 0 aliphatic heterocycles. The number of nitrogens with one attached hydrogen (secondary N) is 1. The number of anilines is 1. The highest BCUT2D eigenvalue weighted by Crippen LogP contribution is 2.35. The SMILES string of the molecule is Cc1sc2nc(SC(C)C(=O)Nc3cc(F)ccc3F)n(C3CCCC3)c(=O)c2c1C. The molecular weight excluding hydrogens is 440 g/mol. The molecule has 0 spiro atoms. The van der Waals surface area contributed by atoms with Gasteiger partial charge in [0.05, 0.1) is 16.3 Å². The first kappa shape index (κ1) is 22.0. The van der Waals surface area contributed by atoms with Gasteiger partial charge in [-0.2, -0.15) is 0 Å². The summed E-state index contributed by atoms with van der Waals surface area (Å²) < 4.78 is 29.1. The maximum absolute atomic E-state index is 13.9. The molecule has 31 heavy (non-hydrogen) atoms. The van der Waals surface area contributed by atoms with Crippen molar-refractivity contribution in [2.75, 3.05) is 5.32 Å². The van der Waals surface area contributed by atoms with E-state index in [-0.39, 0.29) is 17.3 Å². The Hall–Kier alpha value is -2.26. The highest BCUT2D eigenvalue weighted by molar-refractivity contribution is 8.00. The van der Waals surface area contributed by atoms with Crippen molar-refractivity contribution in [1.82, 2.24) is 9.55 Å². The highest BCUT2D eigenvalue weighted by atomic mass is 32.2. The number of aryl methyl sites for hydroxylation is 2. The van der Waals surface area contributed by atoms with Crippen LogP contribution in [0.5, 0.6) is 0 Å². The Bertz CT molecular complexity index is 1220. The number of rotatable bonds is 5. The molecule has 2 aromatic heterocycles. The minimum Gasteiger partial charge on any atom is -0.323 e. The lowest BCUT2D eigenvalue weighted by Crippen LogP contribution is -2.29. The summed E-state index contributed by atoms with van der Waals surface area (Å²) in [6.45, 7) is 5.57. The molecule has 1 aliphatic carbocycles. The number of thioether (sulfide) groups is 1. The summed E-state index contributed by atoms with van der Waals surface area (Å²) in [7, 11) is 0. The van der Waals surface area contributed by atoms with Gasteiger partial charge in [-0.25, -0.2) is 13.8 Å². The zero-order valence-electron chi connectivity index (χ0n) is 17.5. The first-order valence-corrected chi connectivity index (χ1v) is 11.9. The van der Waals surface area contributed by atoms with E-state index < -0.39 is 22.8 Å². The van der Waals surface area contributed by atoms with Crippen LogP contribution in [0.4, 0.5) is 14.5 Å². The van der Waals surface area contributed by atoms with E-state index in [2.05, 4.69) is 5.32 Å². The predicted molar refractivity (Wildman–Crippen MR) is 121 cm³/mol. The summed E-state index contributed by atoms with van der Waals surface area (Å²) in [6.07, 6.45) is 3.90. The number of aromatic nitrogens is 2. The number of hydrogen-bond acceptors (Lipinski definition) is 5. The maximum Gasteiger partial charge on any atom is 0.263 e. The molecule has 1 aliphatic rings. The molecule has 4 rings (SSSR count). The summed E-state index contributed by atoms with van der Waals surface area (Å²) >= 11 is 2.64. The average Bonchev–Trinajstić information content (AvgIpc) is 3.33. The number of fused-ring (bicyclic) bond motifs is 1. The standard InChI is InChI=1S/C22H23F2N3O2S2/c1-11-12(2)30-20-18(11)21(29)27(15-6-4-5-7-15)22(26-20)31-13(3)19(28)25-17-10-14(23)8-9-16(17)24/h8-10,13,15H,4-7H2,1-3H3,(H,25,28). The Balaban J connectivity index is 1.68. The van der Waals surface area contributed by atoms with Crippen molar-refractivity contribution in [2.45, 2.75) is 62.9 Å². The van der Waals surface area contributed by atoms with Gasteiger partial charge in [0.1, 0.15) is 16.5 Å². The maximum atomic E-state index is 13.9. The van der Waals surface area contributed by atoms with Gasteiger partial charge in [-0.05, 0) is 51.3 Å². The van der Waals surface area contributed by atoms with Gasteiger partial charge in [-0.3, -0.25) is 14.2 Å². The van der Waals surface area contributed by atoms with Crippen LogP contribution in [0.2, 0.25) is 0 Å². The summed E-state index contributed by atoms with van der Waals surface area (Å²) in [5.41, 5.74) is 0.678. The fourth-order valence-corrected chi connectivity index (χ4v) is 5.94. The molecule has 164 valence electrons. The van der Waals surface area contributed by atoms with Crippen molar-refractivity contribution in [3.8, 4) is 0 Å². The third kappa shape index (κ3) is 4.25. The van der Waals surface area contributed by atoms with E-state index >= 15 is 0 Å². The summed E-state index contributed by atoms with van der Waals surface area (Å²) in [6, 6.07) is 2.97. The van der Waals surface area contributed by atoms with Crippen LogP contribution >= 0.6 is 23.1 Å². The van der Waals surface area contributed by atoms with Crippen molar-refractivity contribution in [3.05, 3.63) is 50.6 Å². The fourth-order valence-electron chi connectivity index (χ4n) is 3.89.